The van der Waals surface area contributed by atoms with E-state index in [0.717, 1.165) is 17.0 Å². The third-order valence-electron chi connectivity index (χ3n) is 4.06. The first kappa shape index (κ1) is 17.2. The van der Waals surface area contributed by atoms with Crippen LogP contribution in [0.3, 0.4) is 0 Å². The standard InChI is InChI=1S/C21H17N3O2S/c1-13-10-11-17(26-13)21-23-14(2)19(27-21)20(25)24-16-9-6-12-22-18(16)15-7-4-3-5-8-15/h3-12H,1-2H3,(H,24,25). The number of thiazole rings is 1. The van der Waals surface area contributed by atoms with E-state index in [1.807, 2.05) is 62.4 Å². The summed E-state index contributed by atoms with van der Waals surface area (Å²) in [5, 5.41) is 3.67. The average molecular weight is 375 g/mol. The van der Waals surface area contributed by atoms with Gasteiger partial charge in [-0.1, -0.05) is 30.3 Å². The summed E-state index contributed by atoms with van der Waals surface area (Å²) < 4.78 is 5.62. The van der Waals surface area contributed by atoms with Crippen LogP contribution in [0.1, 0.15) is 21.1 Å². The number of amides is 1. The van der Waals surface area contributed by atoms with Crippen LogP contribution in [0.5, 0.6) is 0 Å². The van der Waals surface area contributed by atoms with Crippen LogP contribution in [-0.4, -0.2) is 15.9 Å². The van der Waals surface area contributed by atoms with Gasteiger partial charge in [-0.05, 0) is 38.1 Å². The third kappa shape index (κ3) is 3.52. The molecule has 134 valence electrons. The number of carbonyl (C=O) groups is 1. The Morgan fingerprint density at radius 2 is 1.85 bits per heavy atom. The lowest BCUT2D eigenvalue weighted by Crippen LogP contribution is -2.12. The van der Waals surface area contributed by atoms with E-state index < -0.39 is 0 Å². The second-order valence-corrected chi connectivity index (χ2v) is 7.06. The van der Waals surface area contributed by atoms with Crippen molar-refractivity contribution in [2.24, 2.45) is 0 Å². The van der Waals surface area contributed by atoms with Crippen molar-refractivity contribution in [1.29, 1.82) is 0 Å². The SMILES string of the molecule is Cc1ccc(-c2nc(C)c(C(=O)Nc3cccnc3-c3ccccc3)s2)o1. The highest BCUT2D eigenvalue weighted by Crippen LogP contribution is 2.31. The van der Waals surface area contributed by atoms with Crippen molar-refractivity contribution in [3.8, 4) is 22.0 Å². The molecule has 1 amide bonds. The smallest absolute Gasteiger partial charge is 0.267 e. The van der Waals surface area contributed by atoms with Gasteiger partial charge in [0.2, 0.25) is 0 Å². The van der Waals surface area contributed by atoms with Gasteiger partial charge in [-0.25, -0.2) is 4.98 Å². The van der Waals surface area contributed by atoms with Gasteiger partial charge in [0.05, 0.1) is 17.1 Å². The second kappa shape index (κ2) is 7.17. The molecule has 0 saturated carbocycles. The molecule has 3 heterocycles. The molecular formula is C21H17N3O2S. The number of anilines is 1. The van der Waals surface area contributed by atoms with Crippen molar-refractivity contribution in [1.82, 2.24) is 9.97 Å². The maximum absolute atomic E-state index is 12.9. The number of aromatic nitrogens is 2. The topological polar surface area (TPSA) is 68.0 Å². The van der Waals surface area contributed by atoms with E-state index in [-0.39, 0.29) is 5.91 Å². The Bertz CT molecular complexity index is 1100. The monoisotopic (exact) mass is 375 g/mol. The fourth-order valence-electron chi connectivity index (χ4n) is 2.77. The quantitative estimate of drug-likeness (QED) is 0.523. The molecule has 0 aliphatic carbocycles. The predicted molar refractivity (Wildman–Crippen MR) is 107 cm³/mol. The fourth-order valence-corrected chi connectivity index (χ4v) is 3.70. The van der Waals surface area contributed by atoms with Crippen molar-refractivity contribution in [2.75, 3.05) is 5.32 Å². The highest BCUT2D eigenvalue weighted by atomic mass is 32.1. The maximum atomic E-state index is 12.9. The van der Waals surface area contributed by atoms with E-state index in [9.17, 15) is 4.79 Å². The predicted octanol–water partition coefficient (Wildman–Crippen LogP) is 5.33. The lowest BCUT2D eigenvalue weighted by molar-refractivity contribution is 0.103. The van der Waals surface area contributed by atoms with E-state index in [2.05, 4.69) is 15.3 Å². The van der Waals surface area contributed by atoms with Crippen LogP contribution in [0.15, 0.2) is 65.2 Å². The molecule has 4 aromatic rings. The number of rotatable bonds is 4. The lowest BCUT2D eigenvalue weighted by atomic mass is 10.1. The number of carbonyl (C=O) groups excluding carboxylic acids is 1. The van der Waals surface area contributed by atoms with E-state index in [0.29, 0.717) is 27.0 Å². The summed E-state index contributed by atoms with van der Waals surface area (Å²) >= 11 is 1.32. The van der Waals surface area contributed by atoms with Crippen LogP contribution in [0.2, 0.25) is 0 Å². The third-order valence-corrected chi connectivity index (χ3v) is 5.23. The summed E-state index contributed by atoms with van der Waals surface area (Å²) in [5.41, 5.74) is 3.01. The summed E-state index contributed by atoms with van der Waals surface area (Å²) in [6.45, 7) is 3.71. The number of furan rings is 1. The summed E-state index contributed by atoms with van der Waals surface area (Å²) in [6, 6.07) is 17.2. The van der Waals surface area contributed by atoms with Crippen molar-refractivity contribution in [3.63, 3.8) is 0 Å². The molecule has 1 aromatic carbocycles. The number of nitrogens with one attached hydrogen (secondary N) is 1. The number of aryl methyl sites for hydroxylation is 2. The molecule has 0 aliphatic rings. The highest BCUT2D eigenvalue weighted by molar-refractivity contribution is 7.17. The first-order valence-electron chi connectivity index (χ1n) is 8.48. The van der Waals surface area contributed by atoms with Crippen LogP contribution in [0.4, 0.5) is 5.69 Å². The molecule has 0 aliphatic heterocycles. The van der Waals surface area contributed by atoms with Gasteiger partial charge in [0, 0.05) is 11.8 Å². The van der Waals surface area contributed by atoms with Gasteiger partial charge in [0.15, 0.2) is 10.8 Å². The number of benzene rings is 1. The molecule has 0 saturated heterocycles. The molecule has 6 heteroatoms. The maximum Gasteiger partial charge on any atom is 0.267 e. The second-order valence-electron chi connectivity index (χ2n) is 6.06. The molecule has 1 N–H and O–H groups in total. The van der Waals surface area contributed by atoms with Gasteiger partial charge in [-0.15, -0.1) is 11.3 Å². The molecule has 0 radical (unpaired) electrons. The van der Waals surface area contributed by atoms with Gasteiger partial charge in [0.25, 0.3) is 5.91 Å². The molecular weight excluding hydrogens is 358 g/mol. The van der Waals surface area contributed by atoms with Gasteiger partial charge in [-0.3, -0.25) is 9.78 Å². The Balaban J connectivity index is 1.63. The molecule has 0 unspecified atom stereocenters. The average Bonchev–Trinajstić information content (AvgIpc) is 3.28. The molecule has 4 rings (SSSR count). The molecule has 27 heavy (non-hydrogen) atoms. The van der Waals surface area contributed by atoms with Crippen LogP contribution in [0.25, 0.3) is 22.0 Å². The number of hydrogen-bond acceptors (Lipinski definition) is 5. The first-order valence-corrected chi connectivity index (χ1v) is 9.29. The summed E-state index contributed by atoms with van der Waals surface area (Å²) in [6.07, 6.45) is 1.72. The summed E-state index contributed by atoms with van der Waals surface area (Å²) in [4.78, 5) is 22.3. The van der Waals surface area contributed by atoms with Gasteiger partial charge in [0.1, 0.15) is 10.6 Å². The zero-order valence-electron chi connectivity index (χ0n) is 14.9. The Hall–Kier alpha value is -3.25. The zero-order valence-corrected chi connectivity index (χ0v) is 15.7. The van der Waals surface area contributed by atoms with Gasteiger partial charge in [-0.2, -0.15) is 0 Å². The Morgan fingerprint density at radius 3 is 2.59 bits per heavy atom. The Kier molecular flexibility index (Phi) is 4.56. The van der Waals surface area contributed by atoms with Crippen molar-refractivity contribution in [2.45, 2.75) is 13.8 Å². The zero-order chi connectivity index (χ0) is 18.8. The minimum atomic E-state index is -0.204. The van der Waals surface area contributed by atoms with Crippen LogP contribution in [-0.2, 0) is 0 Å². The minimum absolute atomic E-state index is 0.204. The largest absolute Gasteiger partial charge is 0.459 e. The lowest BCUT2D eigenvalue weighted by Gasteiger charge is -2.09. The molecule has 3 aromatic heterocycles. The molecule has 0 spiro atoms. The van der Waals surface area contributed by atoms with Crippen LogP contribution < -0.4 is 5.32 Å². The Labute approximate surface area is 160 Å². The van der Waals surface area contributed by atoms with Crippen molar-refractivity contribution in [3.05, 3.63) is 77.1 Å². The molecule has 0 bridgehead atoms. The molecule has 5 nitrogen and oxygen atoms in total. The summed E-state index contributed by atoms with van der Waals surface area (Å²) in [7, 11) is 0. The van der Waals surface area contributed by atoms with Gasteiger partial charge >= 0.3 is 0 Å². The molecule has 0 atom stereocenters. The Morgan fingerprint density at radius 1 is 1.04 bits per heavy atom. The highest BCUT2D eigenvalue weighted by Gasteiger charge is 2.19. The van der Waals surface area contributed by atoms with Crippen LogP contribution in [0, 0.1) is 13.8 Å². The van der Waals surface area contributed by atoms with Crippen LogP contribution >= 0.6 is 11.3 Å². The minimum Gasteiger partial charge on any atom is -0.459 e. The normalized spacial score (nSPS) is 10.7. The van der Waals surface area contributed by atoms with E-state index in [1.54, 1.807) is 12.3 Å². The molecule has 0 fully saturated rings. The fraction of sp³-hybridized carbons (Fsp3) is 0.0952. The van der Waals surface area contributed by atoms with E-state index in [4.69, 9.17) is 4.42 Å². The number of nitrogens with zero attached hydrogens (tertiary/aromatic N) is 2. The first-order chi connectivity index (χ1) is 13.1. The summed E-state index contributed by atoms with van der Waals surface area (Å²) in [5.74, 6) is 1.28. The number of hydrogen-bond donors (Lipinski definition) is 1. The van der Waals surface area contributed by atoms with E-state index >= 15 is 0 Å². The number of pyridine rings is 1. The van der Waals surface area contributed by atoms with E-state index in [1.165, 1.54) is 11.3 Å². The van der Waals surface area contributed by atoms with Gasteiger partial charge < -0.3 is 9.73 Å². The van der Waals surface area contributed by atoms with Crippen molar-refractivity contribution >= 4 is 22.9 Å². The van der Waals surface area contributed by atoms with Crippen molar-refractivity contribution < 1.29 is 9.21 Å².